The van der Waals surface area contributed by atoms with E-state index in [0.717, 1.165) is 24.5 Å². The van der Waals surface area contributed by atoms with Gasteiger partial charge in [0, 0.05) is 6.42 Å². The van der Waals surface area contributed by atoms with Gasteiger partial charge in [-0.1, -0.05) is 6.92 Å². The monoisotopic (exact) mass is 191 g/mol. The smallest absolute Gasteiger partial charge is 0.122 e. The van der Waals surface area contributed by atoms with Crippen LogP contribution in [0.5, 0.6) is 0 Å². The third kappa shape index (κ3) is 2.93. The molecular formula is C12H17NO. The molecule has 1 rings (SSSR count). The summed E-state index contributed by atoms with van der Waals surface area (Å²) in [7, 11) is 0. The molecule has 1 aromatic rings. The average Bonchev–Trinajstić information content (AvgIpc) is 2.59. The Bertz CT molecular complexity index is 308. The van der Waals surface area contributed by atoms with Gasteiger partial charge in [-0.2, -0.15) is 0 Å². The van der Waals surface area contributed by atoms with Crippen LogP contribution >= 0.6 is 0 Å². The summed E-state index contributed by atoms with van der Waals surface area (Å²) in [4.78, 5) is 0. The first-order valence-corrected chi connectivity index (χ1v) is 5.01. The fourth-order valence-electron chi connectivity index (χ4n) is 1.35. The van der Waals surface area contributed by atoms with E-state index in [-0.39, 0.29) is 6.04 Å². The maximum absolute atomic E-state index is 5.54. The number of nitrogens with one attached hydrogen (secondary N) is 1. The van der Waals surface area contributed by atoms with Crippen molar-refractivity contribution in [2.24, 2.45) is 0 Å². The molecule has 0 radical (unpaired) electrons. The first-order chi connectivity index (χ1) is 6.77. The quantitative estimate of drug-likeness (QED) is 0.724. The third-order valence-electron chi connectivity index (χ3n) is 2.07. The van der Waals surface area contributed by atoms with Gasteiger partial charge < -0.3 is 9.73 Å². The molecule has 2 nitrogen and oxygen atoms in total. The fraction of sp³-hybridized carbons (Fsp3) is 0.500. The zero-order valence-electron chi connectivity index (χ0n) is 8.84. The zero-order valence-corrected chi connectivity index (χ0v) is 8.84. The molecule has 0 aliphatic rings. The number of hydrogen-bond acceptors (Lipinski definition) is 2. The van der Waals surface area contributed by atoms with Gasteiger partial charge in [-0.25, -0.2) is 0 Å². The molecular weight excluding hydrogens is 174 g/mol. The predicted molar refractivity (Wildman–Crippen MR) is 57.9 cm³/mol. The molecule has 0 aliphatic heterocycles. The molecule has 0 spiro atoms. The summed E-state index contributed by atoms with van der Waals surface area (Å²) in [6.07, 6.45) is 7.09. The van der Waals surface area contributed by atoms with Crippen LogP contribution in [0.3, 0.4) is 0 Å². The molecule has 0 aromatic carbocycles. The Kier molecular flexibility index (Phi) is 4.28. The van der Waals surface area contributed by atoms with Crippen molar-refractivity contribution in [1.82, 2.24) is 5.32 Å². The van der Waals surface area contributed by atoms with E-state index in [1.165, 1.54) is 0 Å². The van der Waals surface area contributed by atoms with Gasteiger partial charge in [0.05, 0.1) is 6.04 Å². The number of terminal acetylenes is 1. The molecule has 76 valence electrons. The van der Waals surface area contributed by atoms with Gasteiger partial charge in [-0.05, 0) is 32.0 Å². The van der Waals surface area contributed by atoms with E-state index >= 15 is 0 Å². The maximum atomic E-state index is 5.54. The fourth-order valence-corrected chi connectivity index (χ4v) is 1.35. The van der Waals surface area contributed by atoms with E-state index in [4.69, 9.17) is 10.8 Å². The number of furan rings is 1. The van der Waals surface area contributed by atoms with Gasteiger partial charge in [0.2, 0.25) is 0 Å². The lowest BCUT2D eigenvalue weighted by Crippen LogP contribution is -2.21. The highest BCUT2D eigenvalue weighted by Gasteiger charge is 2.12. The van der Waals surface area contributed by atoms with Gasteiger partial charge >= 0.3 is 0 Å². The SMILES string of the molecule is C#CCC(NCCC)c1ccc(C)o1. The Morgan fingerprint density at radius 3 is 2.86 bits per heavy atom. The van der Waals surface area contributed by atoms with Crippen molar-refractivity contribution in [2.45, 2.75) is 32.7 Å². The number of aryl methyl sites for hydroxylation is 1. The van der Waals surface area contributed by atoms with Crippen molar-refractivity contribution >= 4 is 0 Å². The second kappa shape index (κ2) is 5.51. The average molecular weight is 191 g/mol. The molecule has 1 aromatic heterocycles. The van der Waals surface area contributed by atoms with E-state index in [2.05, 4.69) is 18.2 Å². The Morgan fingerprint density at radius 2 is 2.36 bits per heavy atom. The van der Waals surface area contributed by atoms with Crippen LogP contribution in [0.4, 0.5) is 0 Å². The lowest BCUT2D eigenvalue weighted by molar-refractivity contribution is 0.404. The molecule has 1 heterocycles. The highest BCUT2D eigenvalue weighted by Crippen LogP contribution is 2.18. The van der Waals surface area contributed by atoms with Crippen molar-refractivity contribution in [1.29, 1.82) is 0 Å². The molecule has 0 bridgehead atoms. The minimum absolute atomic E-state index is 0.161. The van der Waals surface area contributed by atoms with Crippen LogP contribution < -0.4 is 5.32 Å². The lowest BCUT2D eigenvalue weighted by Gasteiger charge is -2.12. The predicted octanol–water partition coefficient (Wildman–Crippen LogP) is 2.65. The van der Waals surface area contributed by atoms with Crippen LogP contribution in [0, 0.1) is 19.3 Å². The highest BCUT2D eigenvalue weighted by atomic mass is 16.3. The van der Waals surface area contributed by atoms with E-state index in [9.17, 15) is 0 Å². The molecule has 1 N–H and O–H groups in total. The van der Waals surface area contributed by atoms with Crippen LogP contribution in [-0.4, -0.2) is 6.54 Å². The normalized spacial score (nSPS) is 12.4. The summed E-state index contributed by atoms with van der Waals surface area (Å²) in [5.74, 6) is 4.53. The Labute approximate surface area is 85.7 Å². The lowest BCUT2D eigenvalue weighted by atomic mass is 10.1. The van der Waals surface area contributed by atoms with Crippen LogP contribution in [0.2, 0.25) is 0 Å². The van der Waals surface area contributed by atoms with E-state index in [1.807, 2.05) is 19.1 Å². The van der Waals surface area contributed by atoms with Crippen molar-refractivity contribution in [2.75, 3.05) is 6.54 Å². The van der Waals surface area contributed by atoms with E-state index in [0.29, 0.717) is 6.42 Å². The van der Waals surface area contributed by atoms with Crippen molar-refractivity contribution in [3.05, 3.63) is 23.7 Å². The first-order valence-electron chi connectivity index (χ1n) is 5.01. The van der Waals surface area contributed by atoms with Gasteiger partial charge in [0.15, 0.2) is 0 Å². The summed E-state index contributed by atoms with van der Waals surface area (Å²) < 4.78 is 5.54. The van der Waals surface area contributed by atoms with Crippen molar-refractivity contribution < 1.29 is 4.42 Å². The van der Waals surface area contributed by atoms with Gasteiger partial charge in [0.1, 0.15) is 11.5 Å². The van der Waals surface area contributed by atoms with Crippen molar-refractivity contribution in [3.8, 4) is 12.3 Å². The number of rotatable bonds is 5. The number of hydrogen-bond donors (Lipinski definition) is 1. The molecule has 1 unspecified atom stereocenters. The van der Waals surface area contributed by atoms with Gasteiger partial charge in [0.25, 0.3) is 0 Å². The summed E-state index contributed by atoms with van der Waals surface area (Å²) in [6, 6.07) is 4.11. The van der Waals surface area contributed by atoms with Crippen LogP contribution in [0.1, 0.15) is 37.3 Å². The van der Waals surface area contributed by atoms with Crippen LogP contribution in [0.15, 0.2) is 16.5 Å². The Morgan fingerprint density at radius 1 is 1.57 bits per heavy atom. The highest BCUT2D eigenvalue weighted by molar-refractivity contribution is 5.11. The maximum Gasteiger partial charge on any atom is 0.122 e. The third-order valence-corrected chi connectivity index (χ3v) is 2.07. The second-order valence-corrected chi connectivity index (χ2v) is 3.36. The zero-order chi connectivity index (χ0) is 10.4. The molecule has 0 aliphatic carbocycles. The minimum atomic E-state index is 0.161. The first kappa shape index (κ1) is 10.9. The molecule has 0 saturated carbocycles. The van der Waals surface area contributed by atoms with E-state index in [1.54, 1.807) is 0 Å². The topological polar surface area (TPSA) is 25.2 Å². The van der Waals surface area contributed by atoms with Gasteiger partial charge in [-0.15, -0.1) is 12.3 Å². The molecule has 0 fully saturated rings. The Balaban J connectivity index is 2.63. The molecule has 2 heteroatoms. The van der Waals surface area contributed by atoms with Crippen LogP contribution in [-0.2, 0) is 0 Å². The minimum Gasteiger partial charge on any atom is -0.465 e. The van der Waals surface area contributed by atoms with E-state index < -0.39 is 0 Å². The second-order valence-electron chi connectivity index (χ2n) is 3.36. The Hall–Kier alpha value is -1.20. The summed E-state index contributed by atoms with van der Waals surface area (Å²) in [6.45, 7) is 5.04. The van der Waals surface area contributed by atoms with Crippen LogP contribution in [0.25, 0.3) is 0 Å². The summed E-state index contributed by atoms with van der Waals surface area (Å²) in [5, 5.41) is 3.36. The summed E-state index contributed by atoms with van der Waals surface area (Å²) >= 11 is 0. The molecule has 14 heavy (non-hydrogen) atoms. The van der Waals surface area contributed by atoms with Gasteiger partial charge in [-0.3, -0.25) is 0 Å². The molecule has 1 atom stereocenters. The molecule has 0 saturated heterocycles. The largest absolute Gasteiger partial charge is 0.465 e. The molecule has 0 amide bonds. The van der Waals surface area contributed by atoms with Crippen molar-refractivity contribution in [3.63, 3.8) is 0 Å². The summed E-state index contributed by atoms with van der Waals surface area (Å²) in [5.41, 5.74) is 0. The standard InChI is InChI=1S/C12H17NO/c1-4-6-11(13-9-5-2)12-8-7-10(3)14-12/h1,7-8,11,13H,5-6,9H2,2-3H3.